The van der Waals surface area contributed by atoms with E-state index < -0.39 is 11.6 Å². The van der Waals surface area contributed by atoms with E-state index in [1.807, 2.05) is 0 Å². The van der Waals surface area contributed by atoms with Gasteiger partial charge in [-0.3, -0.25) is 4.90 Å². The fourth-order valence-electron chi connectivity index (χ4n) is 4.79. The summed E-state index contributed by atoms with van der Waals surface area (Å²) in [6.45, 7) is 8.26. The third kappa shape index (κ3) is 5.38. The van der Waals surface area contributed by atoms with Crippen LogP contribution in [0.2, 0.25) is 0 Å². The number of fused-ring (bicyclic) bond motifs is 1. The highest BCUT2D eigenvalue weighted by molar-refractivity contribution is 5.75. The zero-order valence-electron chi connectivity index (χ0n) is 18.3. The van der Waals surface area contributed by atoms with Gasteiger partial charge in [-0.05, 0) is 68.8 Å². The van der Waals surface area contributed by atoms with Gasteiger partial charge in [0.1, 0.15) is 23.2 Å². The van der Waals surface area contributed by atoms with Crippen LogP contribution in [0.25, 0.3) is 0 Å². The predicted octanol–water partition coefficient (Wildman–Crippen LogP) is 5.13. The fourth-order valence-corrected chi connectivity index (χ4v) is 4.79. The van der Waals surface area contributed by atoms with Gasteiger partial charge in [-0.25, -0.2) is 13.2 Å². The van der Waals surface area contributed by atoms with Crippen molar-refractivity contribution in [2.75, 3.05) is 43.4 Å². The summed E-state index contributed by atoms with van der Waals surface area (Å²) in [6.07, 6.45) is 4.72. The van der Waals surface area contributed by atoms with Gasteiger partial charge in [0.2, 0.25) is 0 Å². The molecule has 2 aliphatic heterocycles. The summed E-state index contributed by atoms with van der Waals surface area (Å²) >= 11 is 0. The molecule has 0 amide bonds. The molecule has 0 aliphatic carbocycles. The number of rotatable bonds is 7. The van der Waals surface area contributed by atoms with Crippen LogP contribution in [0, 0.1) is 23.4 Å². The quantitative estimate of drug-likeness (QED) is 0.600. The van der Waals surface area contributed by atoms with Crippen LogP contribution in [0.15, 0.2) is 42.6 Å². The number of nitrogens with zero attached hydrogens (tertiary/aromatic N) is 2. The van der Waals surface area contributed by atoms with Crippen molar-refractivity contribution in [3.05, 3.63) is 65.6 Å². The summed E-state index contributed by atoms with van der Waals surface area (Å²) in [7, 11) is 0. The summed E-state index contributed by atoms with van der Waals surface area (Å²) in [4.78, 5) is 4.53. The molecule has 4 nitrogen and oxygen atoms in total. The third-order valence-electron chi connectivity index (χ3n) is 6.41. The highest BCUT2D eigenvalue weighted by Crippen LogP contribution is 2.36. The van der Waals surface area contributed by atoms with Gasteiger partial charge in [-0.1, -0.05) is 6.58 Å². The Morgan fingerprint density at radius 2 is 1.69 bits per heavy atom. The Balaban J connectivity index is 1.25. The average Bonchev–Trinajstić information content (AvgIpc) is 2.73. The third-order valence-corrected chi connectivity index (χ3v) is 6.41. The van der Waals surface area contributed by atoms with Gasteiger partial charge in [0.05, 0.1) is 18.0 Å². The number of halogens is 3. The van der Waals surface area contributed by atoms with Crippen molar-refractivity contribution in [1.82, 2.24) is 4.90 Å². The number of hydrogen-bond acceptors (Lipinski definition) is 4. The molecule has 0 spiro atoms. The molecule has 7 heteroatoms. The van der Waals surface area contributed by atoms with Gasteiger partial charge in [-0.15, -0.1) is 0 Å². The molecule has 0 aromatic heterocycles. The van der Waals surface area contributed by atoms with Crippen LogP contribution in [0.4, 0.5) is 24.5 Å². The normalized spacial score (nSPS) is 17.3. The van der Waals surface area contributed by atoms with Crippen molar-refractivity contribution >= 4 is 11.4 Å². The van der Waals surface area contributed by atoms with Crippen molar-refractivity contribution in [3.63, 3.8) is 0 Å². The van der Waals surface area contributed by atoms with E-state index in [0.29, 0.717) is 18.2 Å². The zero-order chi connectivity index (χ0) is 22.7. The Morgan fingerprint density at radius 3 is 2.41 bits per heavy atom. The second-order valence-corrected chi connectivity index (χ2v) is 8.79. The molecule has 172 valence electrons. The Morgan fingerprint density at radius 1 is 1.00 bits per heavy atom. The molecule has 1 saturated heterocycles. The first kappa shape index (κ1) is 22.5. The summed E-state index contributed by atoms with van der Waals surface area (Å²) in [5, 5.41) is 0. The van der Waals surface area contributed by atoms with Crippen molar-refractivity contribution in [2.45, 2.75) is 32.1 Å². The number of hydrogen-bond donors (Lipinski definition) is 1. The molecule has 0 saturated carbocycles. The molecule has 2 aromatic carbocycles. The van der Waals surface area contributed by atoms with E-state index >= 15 is 0 Å². The number of benzene rings is 2. The van der Waals surface area contributed by atoms with Crippen molar-refractivity contribution < 1.29 is 17.9 Å². The molecule has 2 aliphatic rings. The van der Waals surface area contributed by atoms with E-state index in [1.165, 1.54) is 18.2 Å². The molecular weight excluding hydrogens is 415 g/mol. The van der Waals surface area contributed by atoms with Crippen LogP contribution in [0.1, 0.15) is 31.2 Å². The Labute approximate surface area is 187 Å². The highest BCUT2D eigenvalue weighted by atomic mass is 19.1. The van der Waals surface area contributed by atoms with E-state index in [-0.39, 0.29) is 11.6 Å². The maximum absolute atomic E-state index is 13.7. The Kier molecular flexibility index (Phi) is 6.94. The molecule has 0 bridgehead atoms. The van der Waals surface area contributed by atoms with Gasteiger partial charge >= 0.3 is 0 Å². The number of nitrogens with two attached hydrogens (primary N) is 1. The smallest absolute Gasteiger partial charge is 0.129 e. The topological polar surface area (TPSA) is 41.7 Å². The molecule has 0 radical (unpaired) electrons. The molecule has 2 heterocycles. The minimum Gasteiger partial charge on any atom is -0.493 e. The molecule has 2 aromatic rings. The lowest BCUT2D eigenvalue weighted by Gasteiger charge is -2.38. The van der Waals surface area contributed by atoms with Crippen LogP contribution in [-0.4, -0.2) is 37.7 Å². The van der Waals surface area contributed by atoms with Crippen LogP contribution < -0.4 is 15.4 Å². The van der Waals surface area contributed by atoms with Gasteiger partial charge in [0.25, 0.3) is 0 Å². The van der Waals surface area contributed by atoms with Crippen LogP contribution in [0.5, 0.6) is 5.75 Å². The molecule has 32 heavy (non-hydrogen) atoms. The fraction of sp³-hybridized carbons (Fsp3) is 0.440. The molecule has 4 rings (SSSR count). The summed E-state index contributed by atoms with van der Waals surface area (Å²) in [5.41, 5.74) is 9.45. The van der Waals surface area contributed by atoms with E-state index in [2.05, 4.69) is 16.4 Å². The first-order chi connectivity index (χ1) is 15.4. The van der Waals surface area contributed by atoms with Crippen molar-refractivity contribution in [1.29, 1.82) is 0 Å². The minimum absolute atomic E-state index is 0.234. The maximum atomic E-state index is 13.7. The van der Waals surface area contributed by atoms with Crippen molar-refractivity contribution in [2.24, 2.45) is 5.92 Å². The molecular formula is C25H30F3N3O. The Bertz CT molecular complexity index is 953. The number of nitrogen functional groups attached to an aromatic ring is 1. The van der Waals surface area contributed by atoms with Gasteiger partial charge in [0, 0.05) is 37.0 Å². The molecule has 1 fully saturated rings. The largest absolute Gasteiger partial charge is 0.493 e. The summed E-state index contributed by atoms with van der Waals surface area (Å²) in [5.74, 6) is -0.791. The van der Waals surface area contributed by atoms with E-state index in [9.17, 15) is 13.2 Å². The zero-order valence-corrected chi connectivity index (χ0v) is 18.3. The van der Waals surface area contributed by atoms with Crippen LogP contribution >= 0.6 is 0 Å². The lowest BCUT2D eigenvalue weighted by molar-refractivity contribution is 0.171. The number of piperidine rings is 1. The molecule has 0 unspecified atom stereocenters. The lowest BCUT2D eigenvalue weighted by atomic mass is 9.93. The number of aryl methyl sites for hydroxylation is 1. The number of ether oxygens (including phenoxy) is 1. The van der Waals surface area contributed by atoms with E-state index in [0.717, 1.165) is 81.3 Å². The standard InChI is InChI=1S/C25H30F3N3O/c1-17(31-7-2-3-19-11-20(26)15-24(29)25(19)31)16-30-8-4-18(5-9-30)6-10-32-23-13-21(27)12-22(28)14-23/h11-15,18H,1-10,16,29H2. The summed E-state index contributed by atoms with van der Waals surface area (Å²) < 4.78 is 45.8. The second-order valence-electron chi connectivity index (χ2n) is 8.79. The monoisotopic (exact) mass is 445 g/mol. The van der Waals surface area contributed by atoms with Gasteiger partial charge in [0.15, 0.2) is 0 Å². The maximum Gasteiger partial charge on any atom is 0.129 e. The van der Waals surface area contributed by atoms with Gasteiger partial charge < -0.3 is 15.4 Å². The van der Waals surface area contributed by atoms with Crippen LogP contribution in [0.3, 0.4) is 0 Å². The van der Waals surface area contributed by atoms with E-state index in [1.54, 1.807) is 6.07 Å². The first-order valence-electron chi connectivity index (χ1n) is 11.2. The van der Waals surface area contributed by atoms with Gasteiger partial charge in [-0.2, -0.15) is 0 Å². The Hall–Kier alpha value is -2.67. The number of likely N-dealkylation sites (tertiary alicyclic amines) is 1. The van der Waals surface area contributed by atoms with Crippen molar-refractivity contribution in [3.8, 4) is 5.75 Å². The summed E-state index contributed by atoms with van der Waals surface area (Å²) in [6, 6.07) is 6.22. The highest BCUT2D eigenvalue weighted by Gasteiger charge is 2.25. The molecule has 2 N–H and O–H groups in total. The predicted molar refractivity (Wildman–Crippen MR) is 121 cm³/mol. The number of anilines is 2. The minimum atomic E-state index is -0.628. The lowest BCUT2D eigenvalue weighted by Crippen LogP contribution is -2.40. The SMILES string of the molecule is C=C(CN1CCC(CCOc2cc(F)cc(F)c2)CC1)N1CCCc2cc(F)cc(N)c21. The van der Waals surface area contributed by atoms with Crippen LogP contribution in [-0.2, 0) is 6.42 Å². The second kappa shape index (κ2) is 9.86. The molecule has 0 atom stereocenters. The average molecular weight is 446 g/mol. The van der Waals surface area contributed by atoms with E-state index in [4.69, 9.17) is 10.5 Å². The first-order valence-corrected chi connectivity index (χ1v) is 11.2.